The Morgan fingerprint density at radius 1 is 1.32 bits per heavy atom. The summed E-state index contributed by atoms with van der Waals surface area (Å²) >= 11 is 6.37. The molecule has 1 aromatic carbocycles. The number of nitrogens with zero attached hydrogens (tertiary/aromatic N) is 1. The number of anilines is 1. The van der Waals surface area contributed by atoms with Crippen molar-refractivity contribution in [2.45, 2.75) is 65.5 Å². The molecule has 28 heavy (non-hydrogen) atoms. The number of carbonyl (C=O) groups excluding carboxylic acids is 2. The van der Waals surface area contributed by atoms with Crippen molar-refractivity contribution in [2.24, 2.45) is 11.8 Å². The lowest BCUT2D eigenvalue weighted by Crippen LogP contribution is -2.50. The Balaban J connectivity index is 1.75. The number of carbonyl (C=O) groups is 2. The molecular formula is C22H32ClN3O2. The maximum atomic E-state index is 12.9. The minimum absolute atomic E-state index is 0.0252. The van der Waals surface area contributed by atoms with E-state index in [1.165, 1.54) is 19.3 Å². The molecule has 2 fully saturated rings. The van der Waals surface area contributed by atoms with E-state index < -0.39 is 0 Å². The summed E-state index contributed by atoms with van der Waals surface area (Å²) in [5, 5.41) is 6.53. The van der Waals surface area contributed by atoms with E-state index in [-0.39, 0.29) is 29.7 Å². The van der Waals surface area contributed by atoms with Crippen LogP contribution >= 0.6 is 11.6 Å². The second-order valence-electron chi connectivity index (χ2n) is 8.41. The van der Waals surface area contributed by atoms with Crippen LogP contribution in [0.15, 0.2) is 12.1 Å². The van der Waals surface area contributed by atoms with Crippen molar-refractivity contribution in [1.29, 1.82) is 0 Å². The summed E-state index contributed by atoms with van der Waals surface area (Å²) in [6, 6.07) is 4.43. The van der Waals surface area contributed by atoms with Gasteiger partial charge in [-0.15, -0.1) is 0 Å². The molecule has 3 atom stereocenters. The summed E-state index contributed by atoms with van der Waals surface area (Å²) in [4.78, 5) is 27.6. The van der Waals surface area contributed by atoms with E-state index in [0.29, 0.717) is 23.2 Å². The van der Waals surface area contributed by atoms with Crippen LogP contribution in [0.4, 0.5) is 5.69 Å². The first kappa shape index (κ1) is 21.0. The van der Waals surface area contributed by atoms with Gasteiger partial charge in [-0.1, -0.05) is 18.5 Å². The summed E-state index contributed by atoms with van der Waals surface area (Å²) in [6.45, 7) is 9.46. The highest BCUT2D eigenvalue weighted by atomic mass is 35.5. The second kappa shape index (κ2) is 8.73. The van der Waals surface area contributed by atoms with Crippen LogP contribution in [0.2, 0.25) is 5.02 Å². The van der Waals surface area contributed by atoms with E-state index in [0.717, 1.165) is 24.2 Å². The maximum Gasteiger partial charge on any atom is 0.251 e. The molecular weight excluding hydrogens is 374 g/mol. The van der Waals surface area contributed by atoms with E-state index in [1.54, 1.807) is 6.07 Å². The highest BCUT2D eigenvalue weighted by Gasteiger charge is 2.32. The molecule has 1 aromatic rings. The molecule has 1 heterocycles. The van der Waals surface area contributed by atoms with Crippen LogP contribution in [0, 0.1) is 18.8 Å². The lowest BCUT2D eigenvalue weighted by molar-refractivity contribution is -0.129. The Bertz CT molecular complexity index is 748. The number of amides is 2. The predicted octanol–water partition coefficient (Wildman–Crippen LogP) is 3.92. The minimum Gasteiger partial charge on any atom is -0.369 e. The van der Waals surface area contributed by atoms with Crippen LogP contribution < -0.4 is 15.5 Å². The number of nitrogens with one attached hydrogen (secondary N) is 2. The standard InChI is InChI=1S/C22H32ClN3O2/c1-5-26(17-7-6-8-17)20-11-16(23)10-18(15(20)4)21(27)24-12-19-13(2)9-14(3)25-22(19)28/h10-11,13-14,17,19H,5-9,12H2,1-4H3,(H,24,27)(H,25,28). The molecule has 0 radical (unpaired) electrons. The number of benzene rings is 1. The van der Waals surface area contributed by atoms with Gasteiger partial charge < -0.3 is 15.5 Å². The van der Waals surface area contributed by atoms with Crippen molar-refractivity contribution < 1.29 is 9.59 Å². The average molecular weight is 406 g/mol. The van der Waals surface area contributed by atoms with E-state index >= 15 is 0 Å². The monoisotopic (exact) mass is 405 g/mol. The van der Waals surface area contributed by atoms with Gasteiger partial charge in [0.05, 0.1) is 5.92 Å². The molecule has 0 spiro atoms. The normalized spacial score (nSPS) is 25.0. The summed E-state index contributed by atoms with van der Waals surface area (Å²) in [5.74, 6) is -0.0859. The topological polar surface area (TPSA) is 61.4 Å². The molecule has 3 rings (SSSR count). The zero-order chi connectivity index (χ0) is 20.4. The van der Waals surface area contributed by atoms with Gasteiger partial charge in [0.2, 0.25) is 5.91 Å². The smallest absolute Gasteiger partial charge is 0.251 e. The number of halogens is 1. The SMILES string of the molecule is CCN(c1cc(Cl)cc(C(=O)NCC2C(=O)NC(C)CC2C)c1C)C1CCC1. The van der Waals surface area contributed by atoms with Gasteiger partial charge in [0, 0.05) is 41.4 Å². The first-order valence-corrected chi connectivity index (χ1v) is 10.8. The highest BCUT2D eigenvalue weighted by molar-refractivity contribution is 6.31. The summed E-state index contributed by atoms with van der Waals surface area (Å²) in [5.41, 5.74) is 2.59. The first-order chi connectivity index (χ1) is 13.3. The predicted molar refractivity (Wildman–Crippen MR) is 114 cm³/mol. The van der Waals surface area contributed by atoms with Gasteiger partial charge in [0.1, 0.15) is 0 Å². The fourth-order valence-corrected chi connectivity index (χ4v) is 4.72. The van der Waals surface area contributed by atoms with Crippen molar-refractivity contribution in [3.05, 3.63) is 28.3 Å². The quantitative estimate of drug-likeness (QED) is 0.754. The van der Waals surface area contributed by atoms with Crippen LogP contribution in [0.3, 0.4) is 0 Å². The van der Waals surface area contributed by atoms with Gasteiger partial charge >= 0.3 is 0 Å². The Labute approximate surface area is 173 Å². The highest BCUT2D eigenvalue weighted by Crippen LogP contribution is 2.34. The molecule has 2 amide bonds. The van der Waals surface area contributed by atoms with Crippen molar-refractivity contribution in [3.8, 4) is 0 Å². The average Bonchev–Trinajstić information content (AvgIpc) is 2.58. The second-order valence-corrected chi connectivity index (χ2v) is 8.84. The minimum atomic E-state index is -0.193. The number of piperidine rings is 1. The van der Waals surface area contributed by atoms with Gasteiger partial charge in [-0.05, 0) is 70.1 Å². The summed E-state index contributed by atoms with van der Waals surface area (Å²) < 4.78 is 0. The lowest BCUT2D eigenvalue weighted by Gasteiger charge is -2.39. The maximum absolute atomic E-state index is 12.9. The van der Waals surface area contributed by atoms with Gasteiger partial charge in [0.25, 0.3) is 5.91 Å². The fraction of sp³-hybridized carbons (Fsp3) is 0.636. The van der Waals surface area contributed by atoms with Crippen LogP contribution in [-0.2, 0) is 4.79 Å². The largest absolute Gasteiger partial charge is 0.369 e. The van der Waals surface area contributed by atoms with E-state index in [1.807, 2.05) is 19.9 Å². The van der Waals surface area contributed by atoms with Gasteiger partial charge in [-0.25, -0.2) is 0 Å². The molecule has 5 nitrogen and oxygen atoms in total. The number of rotatable bonds is 6. The summed E-state index contributed by atoms with van der Waals surface area (Å²) in [6.07, 6.45) is 4.57. The van der Waals surface area contributed by atoms with E-state index in [4.69, 9.17) is 11.6 Å². The Morgan fingerprint density at radius 2 is 2.04 bits per heavy atom. The Morgan fingerprint density at radius 3 is 2.61 bits per heavy atom. The van der Waals surface area contributed by atoms with Crippen molar-refractivity contribution in [1.82, 2.24) is 10.6 Å². The Hall–Kier alpha value is -1.75. The molecule has 1 saturated heterocycles. The fourth-order valence-electron chi connectivity index (χ4n) is 4.50. The van der Waals surface area contributed by atoms with E-state index in [2.05, 4.69) is 29.4 Å². The molecule has 1 aliphatic carbocycles. The molecule has 0 bridgehead atoms. The molecule has 1 saturated carbocycles. The Kier molecular flexibility index (Phi) is 6.54. The molecule has 6 heteroatoms. The molecule has 1 aliphatic heterocycles. The third kappa shape index (κ3) is 4.29. The molecule has 2 N–H and O–H groups in total. The van der Waals surface area contributed by atoms with Crippen molar-refractivity contribution >= 4 is 29.1 Å². The molecule has 0 aromatic heterocycles. The van der Waals surface area contributed by atoms with Crippen LogP contribution in [0.25, 0.3) is 0 Å². The van der Waals surface area contributed by atoms with Gasteiger partial charge in [-0.3, -0.25) is 9.59 Å². The zero-order valence-corrected chi connectivity index (χ0v) is 18.1. The van der Waals surface area contributed by atoms with E-state index in [9.17, 15) is 9.59 Å². The van der Waals surface area contributed by atoms with Crippen molar-refractivity contribution in [3.63, 3.8) is 0 Å². The van der Waals surface area contributed by atoms with Crippen molar-refractivity contribution in [2.75, 3.05) is 18.0 Å². The number of hydrogen-bond donors (Lipinski definition) is 2. The molecule has 3 unspecified atom stereocenters. The molecule has 154 valence electrons. The lowest BCUT2D eigenvalue weighted by atomic mass is 9.84. The van der Waals surface area contributed by atoms with Crippen LogP contribution in [-0.4, -0.2) is 37.0 Å². The third-order valence-corrected chi connectivity index (χ3v) is 6.59. The third-order valence-electron chi connectivity index (χ3n) is 6.38. The van der Waals surface area contributed by atoms with Crippen LogP contribution in [0.1, 0.15) is 62.4 Å². The first-order valence-electron chi connectivity index (χ1n) is 10.5. The van der Waals surface area contributed by atoms with Gasteiger partial charge in [0.15, 0.2) is 0 Å². The zero-order valence-electron chi connectivity index (χ0n) is 17.3. The molecule has 2 aliphatic rings. The van der Waals surface area contributed by atoms with Crippen LogP contribution in [0.5, 0.6) is 0 Å². The summed E-state index contributed by atoms with van der Waals surface area (Å²) in [7, 11) is 0. The van der Waals surface area contributed by atoms with Gasteiger partial charge in [-0.2, -0.15) is 0 Å². The number of hydrogen-bond acceptors (Lipinski definition) is 3.